The minimum atomic E-state index is -6.06. The first-order valence-corrected chi connectivity index (χ1v) is 4.37. The normalized spacial score (nSPS) is 12.9. The average Bonchev–Trinajstić information content (AvgIpc) is 2.13. The molecule has 0 aliphatic carbocycles. The molecule has 0 aliphatic heterocycles. The lowest BCUT2D eigenvalue weighted by Gasteiger charge is -2.30. The van der Waals surface area contributed by atoms with Gasteiger partial charge in [0.15, 0.2) is 0 Å². The molecule has 0 atom stereocenters. The summed E-state index contributed by atoms with van der Waals surface area (Å²) in [5.74, 6) is -11.4. The number of nitrogens with two attached hydrogens (primary N) is 2. The first-order chi connectivity index (χ1) is 8.33. The van der Waals surface area contributed by atoms with E-state index in [2.05, 4.69) is 20.9 Å². The molecule has 0 saturated carbocycles. The van der Waals surface area contributed by atoms with E-state index in [-0.39, 0.29) is 0 Å². The zero-order valence-corrected chi connectivity index (χ0v) is 8.97. The summed E-state index contributed by atoms with van der Waals surface area (Å²) in [5.41, 5.74) is 8.41. The second kappa shape index (κ2) is 5.40. The maximum atomic E-state index is 12.9. The van der Waals surface area contributed by atoms with E-state index in [0.717, 1.165) is 0 Å². The van der Waals surface area contributed by atoms with Crippen LogP contribution in [0.3, 0.4) is 0 Å². The zero-order chi connectivity index (χ0) is 15.5. The summed E-state index contributed by atoms with van der Waals surface area (Å²) in [6.07, 6.45) is -11.7. The Morgan fingerprint density at radius 3 is 1.79 bits per heavy atom. The molecule has 0 aromatic carbocycles. The third-order valence-corrected chi connectivity index (χ3v) is 1.71. The highest BCUT2D eigenvalue weighted by atomic mass is 19.3. The fourth-order valence-corrected chi connectivity index (χ4v) is 0.840. The van der Waals surface area contributed by atoms with Gasteiger partial charge in [-0.3, -0.25) is 0 Å². The summed E-state index contributed by atoms with van der Waals surface area (Å²) in [6.45, 7) is -1.34. The third kappa shape index (κ3) is 4.06. The van der Waals surface area contributed by atoms with Crippen molar-refractivity contribution < 1.29 is 45.4 Å². The number of hydrogen-bond acceptors (Lipinski definition) is 4. The lowest BCUT2D eigenvalue weighted by atomic mass is 10.1. The number of alkyl halides is 6. The fraction of sp³-hybridized carbons (Fsp3) is 0.714. The summed E-state index contributed by atoms with van der Waals surface area (Å²) >= 11 is 0. The highest BCUT2D eigenvalue weighted by molar-refractivity contribution is 5.65. The molecule has 112 valence electrons. The Morgan fingerprint density at radius 2 is 1.42 bits per heavy atom. The summed E-state index contributed by atoms with van der Waals surface area (Å²) in [7, 11) is 0. The van der Waals surface area contributed by atoms with Gasteiger partial charge in [0.05, 0.1) is 13.0 Å². The highest BCUT2D eigenvalue weighted by Gasteiger charge is 2.74. The zero-order valence-electron chi connectivity index (χ0n) is 8.97. The summed E-state index contributed by atoms with van der Waals surface area (Å²) in [6, 6.07) is 0. The molecule has 0 bridgehead atoms. The molecule has 0 rings (SSSR count). The summed E-state index contributed by atoms with van der Waals surface area (Å²) in [5, 5.41) is 0. The largest absolute Gasteiger partial charge is 0.474 e. The van der Waals surface area contributed by atoms with E-state index in [1.807, 2.05) is 0 Å². The van der Waals surface area contributed by atoms with Gasteiger partial charge in [0.25, 0.3) is 0 Å². The van der Waals surface area contributed by atoms with Gasteiger partial charge >= 0.3 is 30.1 Å². The van der Waals surface area contributed by atoms with Crippen LogP contribution in [-0.4, -0.2) is 36.7 Å². The number of halogens is 6. The predicted molar refractivity (Wildman–Crippen MR) is 45.7 cm³/mol. The monoisotopic (exact) mass is 298 g/mol. The Balaban J connectivity index is 4.93. The smallest absolute Gasteiger partial charge is 0.449 e. The second-order valence-electron chi connectivity index (χ2n) is 3.13. The van der Waals surface area contributed by atoms with Crippen LogP contribution in [0.1, 0.15) is 6.42 Å². The molecule has 2 amide bonds. The molecule has 19 heavy (non-hydrogen) atoms. The van der Waals surface area contributed by atoms with Crippen LogP contribution in [0.4, 0.5) is 35.9 Å². The Bertz CT molecular complexity index is 361. The molecule has 0 radical (unpaired) electrons. The van der Waals surface area contributed by atoms with Crippen molar-refractivity contribution in [3.05, 3.63) is 0 Å². The van der Waals surface area contributed by atoms with Gasteiger partial charge in [0.1, 0.15) is 0 Å². The van der Waals surface area contributed by atoms with Gasteiger partial charge < -0.3 is 20.9 Å². The van der Waals surface area contributed by atoms with E-state index < -0.39 is 43.2 Å². The third-order valence-electron chi connectivity index (χ3n) is 1.71. The maximum Gasteiger partial charge on any atom is 0.474 e. The van der Waals surface area contributed by atoms with Gasteiger partial charge in [-0.1, -0.05) is 0 Å². The summed E-state index contributed by atoms with van der Waals surface area (Å²) < 4.78 is 83.2. The standard InChI is InChI=1S/C7H8F6N2O4/c8-5(9,1-2-18-3(14)16)6(10,11)7(12,13)19-4(15)17/h1-2H2,(H2,14,16)(H2,15,17). The Hall–Kier alpha value is -1.88. The van der Waals surface area contributed by atoms with Crippen molar-refractivity contribution in [3.8, 4) is 0 Å². The van der Waals surface area contributed by atoms with Crippen LogP contribution in [0.15, 0.2) is 0 Å². The van der Waals surface area contributed by atoms with Gasteiger partial charge in [-0.15, -0.1) is 0 Å². The molecule has 6 nitrogen and oxygen atoms in total. The van der Waals surface area contributed by atoms with Gasteiger partial charge in [-0.05, 0) is 0 Å². The SMILES string of the molecule is NC(=O)OCCC(F)(F)C(F)(F)C(F)(F)OC(N)=O. The van der Waals surface area contributed by atoms with Gasteiger partial charge in [0, 0.05) is 0 Å². The number of carbonyl (C=O) groups is 2. The van der Waals surface area contributed by atoms with Crippen LogP contribution in [0.2, 0.25) is 0 Å². The highest BCUT2D eigenvalue weighted by Crippen LogP contribution is 2.47. The van der Waals surface area contributed by atoms with Crippen LogP contribution < -0.4 is 11.5 Å². The average molecular weight is 298 g/mol. The summed E-state index contributed by atoms with van der Waals surface area (Å²) in [4.78, 5) is 20.0. The number of ether oxygens (including phenoxy) is 2. The van der Waals surface area contributed by atoms with Gasteiger partial charge in [-0.2, -0.15) is 26.3 Å². The molecule has 0 unspecified atom stereocenters. The number of amides is 2. The van der Waals surface area contributed by atoms with Crippen LogP contribution in [0.5, 0.6) is 0 Å². The van der Waals surface area contributed by atoms with Gasteiger partial charge in [0.2, 0.25) is 0 Å². The predicted octanol–water partition coefficient (Wildman–Crippen LogP) is 1.43. The van der Waals surface area contributed by atoms with Crippen molar-refractivity contribution in [2.45, 2.75) is 24.4 Å². The van der Waals surface area contributed by atoms with E-state index in [0.29, 0.717) is 0 Å². The van der Waals surface area contributed by atoms with Crippen molar-refractivity contribution >= 4 is 12.2 Å². The van der Waals surface area contributed by atoms with E-state index in [9.17, 15) is 35.9 Å². The van der Waals surface area contributed by atoms with Crippen molar-refractivity contribution in [2.75, 3.05) is 6.61 Å². The molecule has 0 spiro atoms. The molecule has 4 N–H and O–H groups in total. The van der Waals surface area contributed by atoms with Gasteiger partial charge in [-0.25, -0.2) is 9.59 Å². The molecule has 0 aromatic heterocycles. The molecule has 12 heteroatoms. The second-order valence-corrected chi connectivity index (χ2v) is 3.13. The number of rotatable bonds is 6. The Labute approximate surface area is 101 Å². The van der Waals surface area contributed by atoms with Crippen molar-refractivity contribution in [1.29, 1.82) is 0 Å². The minimum Gasteiger partial charge on any atom is -0.449 e. The Kier molecular flexibility index (Phi) is 4.87. The number of primary amides is 2. The molecule has 0 fully saturated rings. The van der Waals surface area contributed by atoms with Crippen molar-refractivity contribution in [1.82, 2.24) is 0 Å². The lowest BCUT2D eigenvalue weighted by molar-refractivity contribution is -0.381. The quantitative estimate of drug-likeness (QED) is 0.724. The first-order valence-electron chi connectivity index (χ1n) is 4.37. The molecular weight excluding hydrogens is 290 g/mol. The van der Waals surface area contributed by atoms with Crippen molar-refractivity contribution in [3.63, 3.8) is 0 Å². The van der Waals surface area contributed by atoms with E-state index in [4.69, 9.17) is 0 Å². The molecular formula is C7H8F6N2O4. The maximum absolute atomic E-state index is 12.9. The fourth-order valence-electron chi connectivity index (χ4n) is 0.840. The molecule has 0 saturated heterocycles. The topological polar surface area (TPSA) is 105 Å². The van der Waals surface area contributed by atoms with Crippen LogP contribution in [-0.2, 0) is 9.47 Å². The van der Waals surface area contributed by atoms with Crippen molar-refractivity contribution in [2.24, 2.45) is 11.5 Å². The van der Waals surface area contributed by atoms with E-state index >= 15 is 0 Å². The van der Waals surface area contributed by atoms with E-state index in [1.54, 1.807) is 0 Å². The molecule has 0 aromatic rings. The first kappa shape index (κ1) is 17.1. The van der Waals surface area contributed by atoms with Crippen LogP contribution >= 0.6 is 0 Å². The Morgan fingerprint density at radius 1 is 0.947 bits per heavy atom. The number of hydrogen-bond donors (Lipinski definition) is 2. The van der Waals surface area contributed by atoms with Crippen LogP contribution in [0.25, 0.3) is 0 Å². The lowest BCUT2D eigenvalue weighted by Crippen LogP contribution is -2.56. The number of carbonyl (C=O) groups excluding carboxylic acids is 2. The minimum absolute atomic E-state index is 1.34. The molecule has 0 heterocycles. The van der Waals surface area contributed by atoms with Crippen LogP contribution in [0, 0.1) is 0 Å². The van der Waals surface area contributed by atoms with E-state index in [1.165, 1.54) is 0 Å². The molecule has 0 aliphatic rings.